The second kappa shape index (κ2) is 4.85. The zero-order chi connectivity index (χ0) is 14.1. The summed E-state index contributed by atoms with van der Waals surface area (Å²) in [6, 6.07) is 17.6. The van der Waals surface area contributed by atoms with Crippen molar-refractivity contribution in [3.8, 4) is 11.1 Å². The molecule has 0 unspecified atom stereocenters. The molecule has 0 N–H and O–H groups in total. The van der Waals surface area contributed by atoms with E-state index in [0.717, 1.165) is 27.6 Å². The number of fused-ring (bicyclic) bond motifs is 1. The summed E-state index contributed by atoms with van der Waals surface area (Å²) < 4.78 is 1.33. The molecule has 0 saturated heterocycles. The summed E-state index contributed by atoms with van der Waals surface area (Å²) in [4.78, 5) is 17.4. The normalized spacial score (nSPS) is 10.7. The van der Waals surface area contributed by atoms with Gasteiger partial charge in [0.15, 0.2) is 0 Å². The van der Waals surface area contributed by atoms with Crippen molar-refractivity contribution in [3.63, 3.8) is 0 Å². The molecular weight excluding hydrogens is 250 g/mol. The SMILES string of the molecule is COn1c(=O)cc(-c2ccccc2)c2ccc(C)cc21. The lowest BCUT2D eigenvalue weighted by Gasteiger charge is -2.12. The first-order valence-corrected chi connectivity index (χ1v) is 6.47. The number of aryl methyl sites for hydroxylation is 1. The van der Waals surface area contributed by atoms with E-state index < -0.39 is 0 Å². The molecule has 20 heavy (non-hydrogen) atoms. The summed E-state index contributed by atoms with van der Waals surface area (Å²) in [5.74, 6) is 0. The third kappa shape index (κ3) is 1.97. The van der Waals surface area contributed by atoms with Crippen molar-refractivity contribution in [1.29, 1.82) is 0 Å². The van der Waals surface area contributed by atoms with Crippen LogP contribution in [0.3, 0.4) is 0 Å². The number of benzene rings is 2. The highest BCUT2D eigenvalue weighted by Gasteiger charge is 2.10. The summed E-state index contributed by atoms with van der Waals surface area (Å²) in [6.07, 6.45) is 0. The van der Waals surface area contributed by atoms with Gasteiger partial charge >= 0.3 is 0 Å². The van der Waals surface area contributed by atoms with Crippen LogP contribution in [0.25, 0.3) is 22.0 Å². The van der Waals surface area contributed by atoms with E-state index in [4.69, 9.17) is 4.84 Å². The van der Waals surface area contributed by atoms with Crippen LogP contribution in [0.1, 0.15) is 5.56 Å². The third-order valence-electron chi connectivity index (χ3n) is 3.40. The maximum atomic E-state index is 12.2. The van der Waals surface area contributed by atoms with Gasteiger partial charge in [0.2, 0.25) is 0 Å². The van der Waals surface area contributed by atoms with Crippen LogP contribution in [0.2, 0.25) is 0 Å². The largest absolute Gasteiger partial charge is 0.413 e. The Morgan fingerprint density at radius 3 is 2.45 bits per heavy atom. The Morgan fingerprint density at radius 2 is 1.75 bits per heavy atom. The standard InChI is InChI=1S/C17H15NO2/c1-12-8-9-14-15(13-6-4-3-5-7-13)11-17(19)18(20-2)16(14)10-12/h3-11H,1-2H3. The molecule has 0 amide bonds. The average molecular weight is 265 g/mol. The number of aromatic nitrogens is 1. The van der Waals surface area contributed by atoms with Crippen LogP contribution in [0.4, 0.5) is 0 Å². The van der Waals surface area contributed by atoms with Crippen molar-refractivity contribution >= 4 is 10.9 Å². The molecule has 100 valence electrons. The highest BCUT2D eigenvalue weighted by molar-refractivity contribution is 5.94. The lowest BCUT2D eigenvalue weighted by molar-refractivity contribution is 0.169. The molecule has 3 heteroatoms. The monoisotopic (exact) mass is 265 g/mol. The molecule has 0 spiro atoms. The summed E-state index contributed by atoms with van der Waals surface area (Å²) in [5.41, 5.74) is 3.68. The van der Waals surface area contributed by atoms with Gasteiger partial charge in [-0.1, -0.05) is 42.5 Å². The van der Waals surface area contributed by atoms with Crippen LogP contribution >= 0.6 is 0 Å². The van der Waals surface area contributed by atoms with Gasteiger partial charge in [-0.25, -0.2) is 0 Å². The molecule has 3 nitrogen and oxygen atoms in total. The molecule has 3 aromatic rings. The minimum atomic E-state index is -0.163. The third-order valence-corrected chi connectivity index (χ3v) is 3.40. The number of hydrogen-bond donors (Lipinski definition) is 0. The van der Waals surface area contributed by atoms with Crippen molar-refractivity contribution in [2.24, 2.45) is 0 Å². The topological polar surface area (TPSA) is 31.2 Å². The van der Waals surface area contributed by atoms with E-state index in [-0.39, 0.29) is 5.56 Å². The maximum Gasteiger partial charge on any atom is 0.284 e. The number of rotatable bonds is 2. The van der Waals surface area contributed by atoms with E-state index in [1.807, 2.05) is 55.5 Å². The summed E-state index contributed by atoms with van der Waals surface area (Å²) in [6.45, 7) is 2.00. The second-order valence-corrected chi connectivity index (χ2v) is 4.76. The van der Waals surface area contributed by atoms with E-state index in [9.17, 15) is 4.79 Å². The predicted octanol–water partition coefficient (Wildman–Crippen LogP) is 3.04. The first-order valence-electron chi connectivity index (χ1n) is 6.47. The van der Waals surface area contributed by atoms with E-state index in [2.05, 4.69) is 0 Å². The van der Waals surface area contributed by atoms with Crippen molar-refractivity contribution in [2.75, 3.05) is 7.11 Å². The van der Waals surface area contributed by atoms with Crippen LogP contribution in [-0.4, -0.2) is 11.8 Å². The Kier molecular flexibility index (Phi) is 3.03. The zero-order valence-corrected chi connectivity index (χ0v) is 11.5. The molecule has 0 fully saturated rings. The van der Waals surface area contributed by atoms with Gasteiger partial charge in [-0.05, 0) is 29.7 Å². The van der Waals surface area contributed by atoms with E-state index >= 15 is 0 Å². The molecule has 2 aromatic carbocycles. The molecule has 0 aliphatic carbocycles. The van der Waals surface area contributed by atoms with Gasteiger partial charge in [0.1, 0.15) is 7.11 Å². The minimum Gasteiger partial charge on any atom is -0.413 e. The summed E-state index contributed by atoms with van der Waals surface area (Å²) in [5, 5.41) is 1.00. The Morgan fingerprint density at radius 1 is 1.00 bits per heavy atom. The van der Waals surface area contributed by atoms with Gasteiger partial charge in [0.25, 0.3) is 5.56 Å². The predicted molar refractivity (Wildman–Crippen MR) is 80.9 cm³/mol. The Labute approximate surface area is 117 Å². The smallest absolute Gasteiger partial charge is 0.284 e. The van der Waals surface area contributed by atoms with Gasteiger partial charge in [-0.3, -0.25) is 4.79 Å². The first kappa shape index (κ1) is 12.5. The fourth-order valence-corrected chi connectivity index (χ4v) is 2.46. The molecule has 0 aliphatic rings. The van der Waals surface area contributed by atoms with Gasteiger partial charge in [-0.15, -0.1) is 4.73 Å². The Bertz CT molecular complexity index is 820. The van der Waals surface area contributed by atoms with Crippen molar-refractivity contribution in [2.45, 2.75) is 6.92 Å². The van der Waals surface area contributed by atoms with Crippen molar-refractivity contribution < 1.29 is 4.84 Å². The van der Waals surface area contributed by atoms with Crippen molar-refractivity contribution in [3.05, 3.63) is 70.5 Å². The van der Waals surface area contributed by atoms with Crippen LogP contribution < -0.4 is 10.4 Å². The molecule has 3 rings (SSSR count). The van der Waals surface area contributed by atoms with Crippen LogP contribution in [0.15, 0.2) is 59.4 Å². The molecule has 1 heterocycles. The fourth-order valence-electron chi connectivity index (χ4n) is 2.46. The molecule has 1 aromatic heterocycles. The molecule has 0 saturated carbocycles. The summed E-state index contributed by atoms with van der Waals surface area (Å²) >= 11 is 0. The van der Waals surface area contributed by atoms with E-state index in [0.29, 0.717) is 0 Å². The second-order valence-electron chi connectivity index (χ2n) is 4.76. The first-order chi connectivity index (χ1) is 9.70. The lowest BCUT2D eigenvalue weighted by atomic mass is 10.0. The molecule has 0 aliphatic heterocycles. The minimum absolute atomic E-state index is 0.163. The number of hydrogen-bond acceptors (Lipinski definition) is 2. The van der Waals surface area contributed by atoms with E-state index in [1.54, 1.807) is 6.07 Å². The Balaban J connectivity index is 2.43. The van der Waals surface area contributed by atoms with Gasteiger partial charge in [-0.2, -0.15) is 0 Å². The molecular formula is C17H15NO2. The highest BCUT2D eigenvalue weighted by atomic mass is 16.6. The van der Waals surface area contributed by atoms with Crippen molar-refractivity contribution in [1.82, 2.24) is 4.73 Å². The van der Waals surface area contributed by atoms with Crippen LogP contribution in [0.5, 0.6) is 0 Å². The maximum absolute atomic E-state index is 12.2. The molecule has 0 bridgehead atoms. The van der Waals surface area contributed by atoms with Gasteiger partial charge in [0.05, 0.1) is 5.52 Å². The van der Waals surface area contributed by atoms with Crippen LogP contribution in [-0.2, 0) is 0 Å². The zero-order valence-electron chi connectivity index (χ0n) is 11.5. The van der Waals surface area contributed by atoms with Gasteiger partial charge in [0, 0.05) is 11.5 Å². The van der Waals surface area contributed by atoms with E-state index in [1.165, 1.54) is 11.8 Å². The molecule has 0 radical (unpaired) electrons. The average Bonchev–Trinajstić information content (AvgIpc) is 2.47. The molecule has 0 atom stereocenters. The lowest BCUT2D eigenvalue weighted by Crippen LogP contribution is -2.24. The number of pyridine rings is 1. The Hall–Kier alpha value is -2.55. The van der Waals surface area contributed by atoms with Gasteiger partial charge < -0.3 is 4.84 Å². The number of nitrogens with zero attached hydrogens (tertiary/aromatic N) is 1. The van der Waals surface area contributed by atoms with Crippen LogP contribution in [0, 0.1) is 6.92 Å². The quantitative estimate of drug-likeness (QED) is 0.713. The highest BCUT2D eigenvalue weighted by Crippen LogP contribution is 2.27. The summed E-state index contributed by atoms with van der Waals surface area (Å²) in [7, 11) is 1.51. The fraction of sp³-hybridized carbons (Fsp3) is 0.118.